The Bertz CT molecular complexity index is 1870. The standard InChI is InChI=1S/C51H86O20/c1-21-32(55)36(59)39(62)44(67-21)71-40-35(58)25(54)20-66-45(40)70-30-13-15-49(7)29-11-10-28-48(6)14-12-22(47(4,5)63)31(48)26(68-42-37(60)33(56)23(52)18-64-42)16-50(28,8)51(29,9)17-27(41(49)46(30,2)3)69-43-38(61)34(57)24(53)19-65-43/h21-45,52-63H,10-20H2,1-9H3. The molecule has 29 unspecified atom stereocenters. The quantitative estimate of drug-likeness (QED) is 0.128. The summed E-state index contributed by atoms with van der Waals surface area (Å²) >= 11 is 0. The lowest BCUT2D eigenvalue weighted by molar-refractivity contribution is -0.372. The molecule has 9 fully saturated rings. The molecule has 20 nitrogen and oxygen atoms in total. The van der Waals surface area contributed by atoms with Crippen LogP contribution in [0.3, 0.4) is 0 Å². The fourth-order valence-corrected chi connectivity index (χ4v) is 17.3. The summed E-state index contributed by atoms with van der Waals surface area (Å²) in [6.07, 6.45) is -20.4. The number of rotatable bonds is 9. The van der Waals surface area contributed by atoms with Crippen LogP contribution in [0.4, 0.5) is 0 Å². The van der Waals surface area contributed by atoms with Crippen LogP contribution < -0.4 is 0 Å². The molecule has 4 heterocycles. The highest BCUT2D eigenvalue weighted by molar-refractivity contribution is 5.23. The minimum Gasteiger partial charge on any atom is -0.390 e. The molecule has 12 N–H and O–H groups in total. The number of hydrogen-bond acceptors (Lipinski definition) is 20. The maximum Gasteiger partial charge on any atom is 0.187 e. The molecule has 0 amide bonds. The van der Waals surface area contributed by atoms with Crippen molar-refractivity contribution in [2.45, 2.75) is 242 Å². The van der Waals surface area contributed by atoms with Gasteiger partial charge < -0.3 is 99.2 Å². The zero-order valence-electron chi connectivity index (χ0n) is 42.8. The van der Waals surface area contributed by atoms with E-state index in [1.54, 1.807) is 0 Å². The van der Waals surface area contributed by atoms with Crippen LogP contribution in [-0.2, 0) is 37.9 Å². The number of hydrogen-bond donors (Lipinski definition) is 12. The third-order valence-corrected chi connectivity index (χ3v) is 20.9. The van der Waals surface area contributed by atoms with Crippen molar-refractivity contribution in [2.24, 2.45) is 56.7 Å². The number of aliphatic hydroxyl groups is 12. The summed E-state index contributed by atoms with van der Waals surface area (Å²) in [5, 5.41) is 131. The highest BCUT2D eigenvalue weighted by atomic mass is 16.8. The molecule has 0 radical (unpaired) electrons. The van der Waals surface area contributed by atoms with Gasteiger partial charge in [-0.05, 0) is 129 Å². The van der Waals surface area contributed by atoms with Gasteiger partial charge >= 0.3 is 0 Å². The van der Waals surface area contributed by atoms with Gasteiger partial charge in [-0.15, -0.1) is 0 Å². The number of aliphatic hydroxyl groups excluding tert-OH is 11. The van der Waals surface area contributed by atoms with Crippen LogP contribution in [0.1, 0.15) is 114 Å². The lowest BCUT2D eigenvalue weighted by Gasteiger charge is -2.75. The second-order valence-corrected chi connectivity index (χ2v) is 25.6. The topological polar surface area (TPSA) is 317 Å². The van der Waals surface area contributed by atoms with Gasteiger partial charge in [-0.25, -0.2) is 0 Å². The molecular weight excluding hydrogens is 933 g/mol. The van der Waals surface area contributed by atoms with E-state index < -0.39 is 150 Å². The molecular formula is C51H86O20. The van der Waals surface area contributed by atoms with Crippen LogP contribution in [0.15, 0.2) is 0 Å². The van der Waals surface area contributed by atoms with Gasteiger partial charge in [0.15, 0.2) is 25.2 Å². The van der Waals surface area contributed by atoms with Gasteiger partial charge in [-0.3, -0.25) is 0 Å². The summed E-state index contributed by atoms with van der Waals surface area (Å²) in [7, 11) is 0. The van der Waals surface area contributed by atoms with Crippen LogP contribution in [0.25, 0.3) is 0 Å². The van der Waals surface area contributed by atoms with E-state index in [4.69, 9.17) is 37.9 Å². The van der Waals surface area contributed by atoms with Crippen molar-refractivity contribution in [2.75, 3.05) is 19.8 Å². The fraction of sp³-hybridized carbons (Fsp3) is 1.00. The SMILES string of the molecule is CC1OC(OC2C(OC3CCC4(C)C(C(OC5OCC(O)C(O)C5O)CC5(C)C4CCC4C6(C)CCC(C(C)(C)O)C6C(OC6OCC(O)C(O)C6O)CC45C)C3(C)C)OCC(O)C2O)C(O)C(O)C1O. The van der Waals surface area contributed by atoms with Crippen LogP contribution in [0.5, 0.6) is 0 Å². The molecule has 29 atom stereocenters. The minimum atomic E-state index is -1.70. The average molecular weight is 1020 g/mol. The van der Waals surface area contributed by atoms with Gasteiger partial charge in [0, 0.05) is 0 Å². The Morgan fingerprint density at radius 3 is 1.54 bits per heavy atom. The van der Waals surface area contributed by atoms with Crippen LogP contribution in [0, 0.1) is 56.7 Å². The van der Waals surface area contributed by atoms with E-state index >= 15 is 0 Å². The van der Waals surface area contributed by atoms with Crippen molar-refractivity contribution >= 4 is 0 Å². The molecule has 4 aliphatic heterocycles. The zero-order valence-corrected chi connectivity index (χ0v) is 42.8. The van der Waals surface area contributed by atoms with E-state index in [1.165, 1.54) is 6.92 Å². The van der Waals surface area contributed by atoms with Crippen LogP contribution in [-0.4, -0.2) is 210 Å². The first kappa shape index (κ1) is 55.0. The molecule has 5 aliphatic carbocycles. The predicted octanol–water partition coefficient (Wildman–Crippen LogP) is -0.597. The van der Waals surface area contributed by atoms with Gasteiger partial charge in [0.1, 0.15) is 73.2 Å². The van der Waals surface area contributed by atoms with Gasteiger partial charge in [-0.1, -0.05) is 41.5 Å². The van der Waals surface area contributed by atoms with E-state index in [2.05, 4.69) is 41.5 Å². The lowest BCUT2D eigenvalue weighted by Crippen LogP contribution is -2.72. The smallest absolute Gasteiger partial charge is 0.187 e. The molecule has 9 rings (SSSR count). The third-order valence-electron chi connectivity index (χ3n) is 20.9. The highest BCUT2D eigenvalue weighted by Gasteiger charge is 2.75. The Morgan fingerprint density at radius 2 is 0.972 bits per heavy atom. The summed E-state index contributed by atoms with van der Waals surface area (Å²) in [6, 6.07) is 0. The summed E-state index contributed by atoms with van der Waals surface area (Å²) in [5.74, 6) is -0.412. The van der Waals surface area contributed by atoms with Gasteiger partial charge in [0.25, 0.3) is 0 Å². The maximum atomic E-state index is 11.8. The van der Waals surface area contributed by atoms with Crippen molar-refractivity contribution in [3.63, 3.8) is 0 Å². The molecule has 410 valence electrons. The molecule has 20 heteroatoms. The highest BCUT2D eigenvalue weighted by Crippen LogP contribution is 2.79. The molecule has 71 heavy (non-hydrogen) atoms. The zero-order chi connectivity index (χ0) is 51.9. The molecule has 0 aromatic heterocycles. The summed E-state index contributed by atoms with van der Waals surface area (Å²) in [5.41, 5.74) is -3.67. The molecule has 0 aromatic rings. The Kier molecular flexibility index (Phi) is 14.9. The summed E-state index contributed by atoms with van der Waals surface area (Å²) < 4.78 is 50.8. The Labute approximate surface area is 416 Å². The minimum absolute atomic E-state index is 0.0689. The first-order valence-corrected chi connectivity index (χ1v) is 26.3. The molecule has 9 aliphatic rings. The van der Waals surface area contributed by atoms with E-state index in [1.807, 2.05) is 13.8 Å². The van der Waals surface area contributed by atoms with Gasteiger partial charge in [0.2, 0.25) is 0 Å². The molecule has 0 aromatic carbocycles. The lowest BCUT2D eigenvalue weighted by atomic mass is 9.31. The van der Waals surface area contributed by atoms with Crippen LogP contribution >= 0.6 is 0 Å². The predicted molar refractivity (Wildman–Crippen MR) is 246 cm³/mol. The van der Waals surface area contributed by atoms with E-state index in [9.17, 15) is 61.3 Å². The van der Waals surface area contributed by atoms with E-state index in [-0.39, 0.29) is 54.8 Å². The van der Waals surface area contributed by atoms with Gasteiger partial charge in [-0.2, -0.15) is 0 Å². The first-order chi connectivity index (χ1) is 33.0. The number of ether oxygens (including phenoxy) is 8. The van der Waals surface area contributed by atoms with E-state index in [0.717, 1.165) is 25.7 Å². The maximum absolute atomic E-state index is 11.8. The van der Waals surface area contributed by atoms with Crippen molar-refractivity contribution < 1.29 is 99.2 Å². The Morgan fingerprint density at radius 1 is 0.493 bits per heavy atom. The monoisotopic (exact) mass is 1020 g/mol. The summed E-state index contributed by atoms with van der Waals surface area (Å²) in [6.45, 7) is 17.9. The van der Waals surface area contributed by atoms with Crippen molar-refractivity contribution in [3.05, 3.63) is 0 Å². The first-order valence-electron chi connectivity index (χ1n) is 26.3. The van der Waals surface area contributed by atoms with Crippen molar-refractivity contribution in [1.29, 1.82) is 0 Å². The Hall–Kier alpha value is -0.800. The van der Waals surface area contributed by atoms with E-state index in [0.29, 0.717) is 25.7 Å². The van der Waals surface area contributed by atoms with Gasteiger partial charge in [0.05, 0.1) is 49.8 Å². The third kappa shape index (κ3) is 8.82. The Balaban J connectivity index is 1.07. The van der Waals surface area contributed by atoms with Crippen molar-refractivity contribution in [1.82, 2.24) is 0 Å². The second kappa shape index (κ2) is 19.3. The fourth-order valence-electron chi connectivity index (χ4n) is 17.3. The molecule has 5 saturated carbocycles. The normalized spacial score (nSPS) is 57.5. The van der Waals surface area contributed by atoms with Crippen LogP contribution in [0.2, 0.25) is 0 Å². The molecule has 0 spiro atoms. The second-order valence-electron chi connectivity index (χ2n) is 25.6. The summed E-state index contributed by atoms with van der Waals surface area (Å²) in [4.78, 5) is 0. The average Bonchev–Trinajstić information content (AvgIpc) is 3.67. The largest absolute Gasteiger partial charge is 0.390 e. The van der Waals surface area contributed by atoms with Crippen molar-refractivity contribution in [3.8, 4) is 0 Å². The molecule has 0 bridgehead atoms. The number of fused-ring (bicyclic) bond motifs is 7. The molecule has 4 saturated heterocycles.